The van der Waals surface area contributed by atoms with Gasteiger partial charge in [-0.1, -0.05) is 35.9 Å². The van der Waals surface area contributed by atoms with Crippen LogP contribution in [0.3, 0.4) is 0 Å². The third-order valence-corrected chi connectivity index (χ3v) is 7.45. The van der Waals surface area contributed by atoms with Gasteiger partial charge in [-0.3, -0.25) is 0 Å². The molecule has 8 heteroatoms. The molecule has 29 heavy (non-hydrogen) atoms. The molecule has 5 nitrogen and oxygen atoms in total. The van der Waals surface area contributed by atoms with Crippen molar-refractivity contribution in [3.8, 4) is 17.2 Å². The smallest absolute Gasteiger partial charge is 0.265 e. The van der Waals surface area contributed by atoms with Crippen molar-refractivity contribution in [1.82, 2.24) is 0 Å². The largest absolute Gasteiger partial charge is 0.488 e. The molecule has 2 aromatic rings. The van der Waals surface area contributed by atoms with Gasteiger partial charge in [-0.05, 0) is 30.8 Å². The molecular weight excluding hydrogens is 430 g/mol. The van der Waals surface area contributed by atoms with Crippen LogP contribution in [0.25, 0.3) is 0 Å². The van der Waals surface area contributed by atoms with Gasteiger partial charge in [-0.15, -0.1) is 11.8 Å². The summed E-state index contributed by atoms with van der Waals surface area (Å²) in [6, 6.07) is 12.0. The zero-order valence-corrected chi connectivity index (χ0v) is 17.6. The van der Waals surface area contributed by atoms with Gasteiger partial charge < -0.3 is 23.8 Å². The summed E-state index contributed by atoms with van der Waals surface area (Å²) in [6.07, 6.45) is 2.98. The number of nitrogens with zero attached hydrogens (tertiary/aromatic N) is 1. The van der Waals surface area contributed by atoms with Crippen LogP contribution in [0.15, 0.2) is 46.8 Å². The lowest BCUT2D eigenvalue weighted by atomic mass is 9.85. The van der Waals surface area contributed by atoms with Gasteiger partial charge >= 0.3 is 0 Å². The Morgan fingerprint density at radius 3 is 2.76 bits per heavy atom. The summed E-state index contributed by atoms with van der Waals surface area (Å²) in [5.41, 5.74) is 2.20. The average molecular weight is 446 g/mol. The summed E-state index contributed by atoms with van der Waals surface area (Å²) < 4.78 is 24.4. The first-order chi connectivity index (χ1) is 14.1. The van der Waals surface area contributed by atoms with E-state index in [0.29, 0.717) is 28.5 Å². The van der Waals surface area contributed by atoms with Gasteiger partial charge in [-0.2, -0.15) is 0 Å². The normalized spacial score (nSPS) is 26.1. The lowest BCUT2D eigenvalue weighted by Gasteiger charge is -2.42. The molecule has 4 aliphatic rings. The Morgan fingerprint density at radius 1 is 1.10 bits per heavy atom. The molecular formula is C21H16ClNO4S2. The molecule has 0 fully saturated rings. The minimum atomic E-state index is -0.792. The number of anilines is 1. The van der Waals surface area contributed by atoms with Crippen LogP contribution in [0.4, 0.5) is 5.69 Å². The number of ether oxygens (including phenoxy) is 4. The van der Waals surface area contributed by atoms with E-state index in [2.05, 4.69) is 23.1 Å². The van der Waals surface area contributed by atoms with E-state index >= 15 is 0 Å². The SMILES string of the molecule is S=C1OC2(COc3cc4c(cc32)OCO4)c2ccccc2N1CC1CC=C(Cl)S1. The number of rotatable bonds is 2. The number of hydrogen-bond donors (Lipinski definition) is 0. The Morgan fingerprint density at radius 2 is 1.93 bits per heavy atom. The third kappa shape index (κ3) is 2.64. The molecule has 6 rings (SSSR count). The molecule has 0 saturated carbocycles. The van der Waals surface area contributed by atoms with Gasteiger partial charge in [0.15, 0.2) is 11.5 Å². The Hall–Kier alpha value is -2.09. The van der Waals surface area contributed by atoms with Gasteiger partial charge in [0.2, 0.25) is 12.4 Å². The first-order valence-electron chi connectivity index (χ1n) is 9.33. The second kappa shape index (κ2) is 6.45. The van der Waals surface area contributed by atoms with Gasteiger partial charge in [0.1, 0.15) is 12.4 Å². The highest BCUT2D eigenvalue weighted by atomic mass is 35.5. The zero-order chi connectivity index (χ0) is 19.6. The first-order valence-corrected chi connectivity index (χ1v) is 11.0. The highest BCUT2D eigenvalue weighted by Gasteiger charge is 2.51. The first kappa shape index (κ1) is 17.7. The fourth-order valence-corrected chi connectivity index (χ4v) is 6.01. The molecule has 0 aromatic heterocycles. The van der Waals surface area contributed by atoms with Gasteiger partial charge in [0.05, 0.1) is 10.1 Å². The number of fused-ring (bicyclic) bond motifs is 5. The summed E-state index contributed by atoms with van der Waals surface area (Å²) in [5, 5.41) is 0.786. The molecule has 4 aliphatic heterocycles. The molecule has 2 unspecified atom stereocenters. The minimum Gasteiger partial charge on any atom is -0.488 e. The van der Waals surface area contributed by atoms with E-state index in [1.54, 1.807) is 11.8 Å². The second-order valence-electron chi connectivity index (χ2n) is 7.30. The van der Waals surface area contributed by atoms with Crippen LogP contribution in [0.1, 0.15) is 17.5 Å². The number of thiocarbonyl (C=S) groups is 1. The molecule has 148 valence electrons. The van der Waals surface area contributed by atoms with E-state index in [9.17, 15) is 0 Å². The molecule has 0 saturated heterocycles. The number of hydrogen-bond acceptors (Lipinski definition) is 6. The third-order valence-electron chi connectivity index (χ3n) is 5.66. The number of halogens is 1. The fourth-order valence-electron chi connectivity index (χ4n) is 4.30. The van der Waals surface area contributed by atoms with Crippen molar-refractivity contribution in [3.05, 3.63) is 58.0 Å². The van der Waals surface area contributed by atoms with Crippen molar-refractivity contribution >= 4 is 46.4 Å². The Labute approximate surface area is 182 Å². The lowest BCUT2D eigenvalue weighted by Crippen LogP contribution is -2.49. The topological polar surface area (TPSA) is 40.2 Å². The maximum absolute atomic E-state index is 6.47. The van der Waals surface area contributed by atoms with E-state index in [0.717, 1.165) is 39.9 Å². The average Bonchev–Trinajstić information content (AvgIpc) is 3.43. The molecule has 0 amide bonds. The maximum atomic E-state index is 6.47. The fraction of sp³-hybridized carbons (Fsp3) is 0.286. The number of para-hydroxylation sites is 1. The predicted molar refractivity (Wildman–Crippen MR) is 116 cm³/mol. The molecule has 4 heterocycles. The number of benzene rings is 2. The van der Waals surface area contributed by atoms with Crippen molar-refractivity contribution in [1.29, 1.82) is 0 Å². The summed E-state index contributed by atoms with van der Waals surface area (Å²) in [4.78, 5) is 2.07. The van der Waals surface area contributed by atoms with Crippen LogP contribution in [0.2, 0.25) is 0 Å². The van der Waals surface area contributed by atoms with E-state index < -0.39 is 5.60 Å². The van der Waals surface area contributed by atoms with Crippen molar-refractivity contribution in [3.63, 3.8) is 0 Å². The molecule has 2 atom stereocenters. The summed E-state index contributed by atoms with van der Waals surface area (Å²) in [7, 11) is 0. The number of allylic oxidation sites excluding steroid dienone is 1. The molecule has 1 spiro atoms. The van der Waals surface area contributed by atoms with Gasteiger partial charge in [0, 0.05) is 29.0 Å². The van der Waals surface area contributed by atoms with Crippen LogP contribution in [-0.4, -0.2) is 30.4 Å². The van der Waals surface area contributed by atoms with E-state index in [1.165, 1.54) is 0 Å². The Balaban J connectivity index is 1.43. The molecule has 2 aromatic carbocycles. The van der Waals surface area contributed by atoms with Gasteiger partial charge in [0.25, 0.3) is 5.17 Å². The molecule has 0 bridgehead atoms. The molecule has 0 aliphatic carbocycles. The molecule has 0 N–H and O–H groups in total. The van der Waals surface area contributed by atoms with Crippen molar-refractivity contribution in [2.45, 2.75) is 17.3 Å². The van der Waals surface area contributed by atoms with E-state index in [-0.39, 0.29) is 6.79 Å². The van der Waals surface area contributed by atoms with Crippen LogP contribution in [0.5, 0.6) is 17.2 Å². The standard InChI is InChI=1S/C21H16ClNO4S2/c22-19-6-5-12(29-19)9-23-15-4-2-1-3-13(15)21(27-20(23)28)10-24-16-8-18-17(7-14(16)21)25-11-26-18/h1-4,6-8,12H,5,9-11H2. The van der Waals surface area contributed by atoms with Crippen molar-refractivity contribution in [2.75, 3.05) is 24.8 Å². The maximum Gasteiger partial charge on any atom is 0.265 e. The van der Waals surface area contributed by atoms with E-state index in [1.807, 2.05) is 24.3 Å². The highest BCUT2D eigenvalue weighted by molar-refractivity contribution is 8.05. The Bertz CT molecular complexity index is 1070. The summed E-state index contributed by atoms with van der Waals surface area (Å²) in [5.74, 6) is 2.13. The highest BCUT2D eigenvalue weighted by Crippen LogP contribution is 2.53. The van der Waals surface area contributed by atoms with Crippen molar-refractivity contribution in [2.24, 2.45) is 0 Å². The summed E-state index contributed by atoms with van der Waals surface area (Å²) >= 11 is 13.6. The lowest BCUT2D eigenvalue weighted by molar-refractivity contribution is 0.0655. The van der Waals surface area contributed by atoms with Gasteiger partial charge in [-0.25, -0.2) is 0 Å². The Kier molecular flexibility index (Phi) is 3.95. The quantitative estimate of drug-likeness (QED) is 0.617. The van der Waals surface area contributed by atoms with Crippen LogP contribution >= 0.6 is 35.6 Å². The second-order valence-corrected chi connectivity index (χ2v) is 9.62. The van der Waals surface area contributed by atoms with Crippen LogP contribution < -0.4 is 19.1 Å². The van der Waals surface area contributed by atoms with E-state index in [4.69, 9.17) is 42.8 Å². The molecule has 0 radical (unpaired) electrons. The number of thioether (sulfide) groups is 1. The summed E-state index contributed by atoms with van der Waals surface area (Å²) in [6.45, 7) is 1.30. The zero-order valence-electron chi connectivity index (χ0n) is 15.2. The van der Waals surface area contributed by atoms with Crippen molar-refractivity contribution < 1.29 is 18.9 Å². The monoisotopic (exact) mass is 445 g/mol. The van der Waals surface area contributed by atoms with Crippen LogP contribution in [-0.2, 0) is 10.3 Å². The minimum absolute atomic E-state index is 0.213. The predicted octanol–water partition coefficient (Wildman–Crippen LogP) is 4.76. The van der Waals surface area contributed by atoms with Crippen LogP contribution in [0, 0.1) is 0 Å².